The number of methoxy groups -OCH3 is 1. The van der Waals surface area contributed by atoms with Crippen LogP contribution in [0.1, 0.15) is 18.1 Å². The molecule has 1 N–H and O–H groups in total. The van der Waals surface area contributed by atoms with Gasteiger partial charge in [-0.1, -0.05) is 41.9 Å². The van der Waals surface area contributed by atoms with Gasteiger partial charge < -0.3 is 19.5 Å². The maximum absolute atomic E-state index is 6.42. The van der Waals surface area contributed by atoms with Gasteiger partial charge in [-0.3, -0.25) is 0 Å². The molecule has 0 atom stereocenters. The van der Waals surface area contributed by atoms with Crippen molar-refractivity contribution in [2.45, 2.75) is 20.1 Å². The van der Waals surface area contributed by atoms with E-state index in [0.29, 0.717) is 42.9 Å². The van der Waals surface area contributed by atoms with Gasteiger partial charge in [0.25, 0.3) is 0 Å². The number of benzene rings is 2. The minimum Gasteiger partial charge on any atom is -0.490 e. The van der Waals surface area contributed by atoms with Crippen molar-refractivity contribution in [3.63, 3.8) is 0 Å². The van der Waals surface area contributed by atoms with Gasteiger partial charge in [-0.15, -0.1) is 12.4 Å². The summed E-state index contributed by atoms with van der Waals surface area (Å²) < 4.78 is 16.6. The topological polar surface area (TPSA) is 39.7 Å². The van der Waals surface area contributed by atoms with E-state index < -0.39 is 0 Å². The number of ether oxygens (including phenoxy) is 3. The first-order valence-corrected chi connectivity index (χ1v) is 8.44. The summed E-state index contributed by atoms with van der Waals surface area (Å²) in [5, 5.41) is 3.85. The zero-order valence-electron chi connectivity index (χ0n) is 14.6. The summed E-state index contributed by atoms with van der Waals surface area (Å²) in [5.74, 6) is 1.26. The predicted molar refractivity (Wildman–Crippen MR) is 104 cm³/mol. The highest BCUT2D eigenvalue weighted by atomic mass is 35.5. The monoisotopic (exact) mass is 385 g/mol. The number of nitrogens with one attached hydrogen (secondary N) is 1. The van der Waals surface area contributed by atoms with Crippen LogP contribution in [0.5, 0.6) is 11.5 Å². The van der Waals surface area contributed by atoms with Crippen molar-refractivity contribution in [2.75, 3.05) is 26.9 Å². The van der Waals surface area contributed by atoms with Crippen LogP contribution in [0.15, 0.2) is 42.5 Å². The molecule has 2 aromatic carbocycles. The molecular weight excluding hydrogens is 361 g/mol. The minimum absolute atomic E-state index is 0. The lowest BCUT2D eigenvalue weighted by atomic mass is 10.2. The molecular formula is C19H25Cl2NO3. The molecule has 0 aliphatic carbocycles. The van der Waals surface area contributed by atoms with E-state index in [0.717, 1.165) is 17.7 Å². The molecule has 0 aromatic heterocycles. The quantitative estimate of drug-likeness (QED) is 0.612. The van der Waals surface area contributed by atoms with E-state index in [9.17, 15) is 0 Å². The van der Waals surface area contributed by atoms with Crippen LogP contribution in [0.2, 0.25) is 5.02 Å². The fourth-order valence-electron chi connectivity index (χ4n) is 2.26. The van der Waals surface area contributed by atoms with Crippen molar-refractivity contribution in [1.29, 1.82) is 0 Å². The van der Waals surface area contributed by atoms with E-state index in [-0.39, 0.29) is 12.4 Å². The molecule has 6 heteroatoms. The average molecular weight is 386 g/mol. The third-order valence-corrected chi connectivity index (χ3v) is 3.69. The second-order valence-electron chi connectivity index (χ2n) is 5.28. The number of rotatable bonds is 10. The lowest BCUT2D eigenvalue weighted by molar-refractivity contribution is 0.199. The highest BCUT2D eigenvalue weighted by Crippen LogP contribution is 2.37. The number of hydrogen-bond donors (Lipinski definition) is 1. The molecule has 0 bridgehead atoms. The summed E-state index contributed by atoms with van der Waals surface area (Å²) in [7, 11) is 1.69. The zero-order chi connectivity index (χ0) is 17.2. The Morgan fingerprint density at radius 1 is 1.04 bits per heavy atom. The van der Waals surface area contributed by atoms with Crippen molar-refractivity contribution < 1.29 is 14.2 Å². The number of hydrogen-bond acceptors (Lipinski definition) is 4. The molecule has 0 unspecified atom stereocenters. The van der Waals surface area contributed by atoms with Crippen LogP contribution in [-0.2, 0) is 17.9 Å². The van der Waals surface area contributed by atoms with Gasteiger partial charge in [-0.05, 0) is 30.2 Å². The summed E-state index contributed by atoms with van der Waals surface area (Å²) in [6.07, 6.45) is 0. The Morgan fingerprint density at radius 3 is 2.48 bits per heavy atom. The Bertz CT molecular complexity index is 624. The van der Waals surface area contributed by atoms with Gasteiger partial charge in [-0.2, -0.15) is 0 Å². The van der Waals surface area contributed by atoms with E-state index in [1.807, 2.05) is 49.4 Å². The fourth-order valence-corrected chi connectivity index (χ4v) is 2.55. The normalized spacial score (nSPS) is 10.2. The summed E-state index contributed by atoms with van der Waals surface area (Å²) in [5.41, 5.74) is 2.13. The highest BCUT2D eigenvalue weighted by molar-refractivity contribution is 6.32. The van der Waals surface area contributed by atoms with Crippen LogP contribution in [0.25, 0.3) is 0 Å². The van der Waals surface area contributed by atoms with Crippen LogP contribution in [0, 0.1) is 0 Å². The lowest BCUT2D eigenvalue weighted by Crippen LogP contribution is -2.18. The Morgan fingerprint density at radius 2 is 1.80 bits per heavy atom. The number of halogens is 2. The van der Waals surface area contributed by atoms with Gasteiger partial charge in [0, 0.05) is 20.2 Å². The SMILES string of the molecule is CCOc1cc(CNCCOC)cc(Cl)c1OCc1ccccc1.Cl. The van der Waals surface area contributed by atoms with Gasteiger partial charge in [0.15, 0.2) is 11.5 Å². The van der Waals surface area contributed by atoms with Crippen LogP contribution in [-0.4, -0.2) is 26.9 Å². The van der Waals surface area contributed by atoms with E-state index in [4.69, 9.17) is 25.8 Å². The predicted octanol–water partition coefficient (Wildman–Crippen LogP) is 4.48. The molecule has 138 valence electrons. The molecule has 0 saturated carbocycles. The van der Waals surface area contributed by atoms with Crippen molar-refractivity contribution in [2.24, 2.45) is 0 Å². The first-order chi connectivity index (χ1) is 11.7. The molecule has 0 fully saturated rings. The summed E-state index contributed by atoms with van der Waals surface area (Å²) in [6.45, 7) is 5.10. The van der Waals surface area contributed by atoms with Gasteiger partial charge in [0.2, 0.25) is 0 Å². The van der Waals surface area contributed by atoms with Gasteiger partial charge in [0.1, 0.15) is 6.61 Å². The molecule has 0 radical (unpaired) electrons. The van der Waals surface area contributed by atoms with Gasteiger partial charge in [0.05, 0.1) is 18.2 Å². The molecule has 0 amide bonds. The largest absolute Gasteiger partial charge is 0.490 e. The summed E-state index contributed by atoms with van der Waals surface area (Å²) >= 11 is 6.42. The van der Waals surface area contributed by atoms with E-state index >= 15 is 0 Å². The zero-order valence-corrected chi connectivity index (χ0v) is 16.2. The van der Waals surface area contributed by atoms with Crippen LogP contribution in [0.3, 0.4) is 0 Å². The standard InChI is InChI=1S/C19H24ClNO3.ClH/c1-3-23-18-12-16(13-21-9-10-22-2)11-17(20)19(18)24-14-15-7-5-4-6-8-15;/h4-8,11-12,21H,3,9-10,13-14H2,1-2H3;1H. The van der Waals surface area contributed by atoms with Crippen LogP contribution < -0.4 is 14.8 Å². The van der Waals surface area contributed by atoms with Gasteiger partial charge in [-0.25, -0.2) is 0 Å². The van der Waals surface area contributed by atoms with Crippen molar-refractivity contribution in [3.8, 4) is 11.5 Å². The molecule has 0 aliphatic heterocycles. The highest BCUT2D eigenvalue weighted by Gasteiger charge is 2.13. The van der Waals surface area contributed by atoms with Gasteiger partial charge >= 0.3 is 0 Å². The van der Waals surface area contributed by atoms with Crippen molar-refractivity contribution >= 4 is 24.0 Å². The molecule has 2 aromatic rings. The molecule has 0 saturated heterocycles. The molecule has 2 rings (SSSR count). The van der Waals surface area contributed by atoms with Crippen molar-refractivity contribution in [1.82, 2.24) is 5.32 Å². The average Bonchev–Trinajstić information content (AvgIpc) is 2.59. The Balaban J connectivity index is 0.00000312. The summed E-state index contributed by atoms with van der Waals surface area (Å²) in [6, 6.07) is 13.9. The third-order valence-electron chi connectivity index (χ3n) is 3.41. The second-order valence-corrected chi connectivity index (χ2v) is 5.69. The summed E-state index contributed by atoms with van der Waals surface area (Å²) in [4.78, 5) is 0. The molecule has 4 nitrogen and oxygen atoms in total. The van der Waals surface area contributed by atoms with E-state index in [1.165, 1.54) is 0 Å². The second kappa shape index (κ2) is 12.0. The maximum Gasteiger partial charge on any atom is 0.180 e. The molecule has 25 heavy (non-hydrogen) atoms. The van der Waals surface area contributed by atoms with Crippen LogP contribution >= 0.6 is 24.0 Å². The first kappa shape index (κ1) is 21.6. The molecule has 0 aliphatic rings. The fraction of sp³-hybridized carbons (Fsp3) is 0.368. The minimum atomic E-state index is 0. The lowest BCUT2D eigenvalue weighted by Gasteiger charge is -2.15. The van der Waals surface area contributed by atoms with Crippen LogP contribution in [0.4, 0.5) is 0 Å². The van der Waals surface area contributed by atoms with E-state index in [1.54, 1.807) is 7.11 Å². The first-order valence-electron chi connectivity index (χ1n) is 8.06. The Labute approximate surface area is 160 Å². The van der Waals surface area contributed by atoms with E-state index in [2.05, 4.69) is 5.32 Å². The Hall–Kier alpha value is -1.46. The third kappa shape index (κ3) is 7.12. The maximum atomic E-state index is 6.42. The molecule has 0 spiro atoms. The molecule has 0 heterocycles. The van der Waals surface area contributed by atoms with Crippen molar-refractivity contribution in [3.05, 3.63) is 58.6 Å². The smallest absolute Gasteiger partial charge is 0.180 e. The Kier molecular flexibility index (Phi) is 10.3.